The Morgan fingerprint density at radius 1 is 1.56 bits per heavy atom. The first-order valence-corrected chi connectivity index (χ1v) is 5.70. The van der Waals surface area contributed by atoms with Gasteiger partial charge in [-0.15, -0.1) is 5.10 Å². The summed E-state index contributed by atoms with van der Waals surface area (Å²) in [5.74, 6) is -0.950. The molecular weight excluding hydrogens is 234 g/mol. The van der Waals surface area contributed by atoms with Crippen LogP contribution in [0.5, 0.6) is 0 Å². The van der Waals surface area contributed by atoms with Crippen LogP contribution in [0, 0.1) is 0 Å². The number of hydrogen-bond acceptors (Lipinski definition) is 4. The van der Waals surface area contributed by atoms with Gasteiger partial charge in [0.1, 0.15) is 5.52 Å². The van der Waals surface area contributed by atoms with Gasteiger partial charge in [0, 0.05) is 13.7 Å². The SMILES string of the molecule is COCCC(C)n1nnc2ccc(C(=O)O)cc21. The molecule has 1 aromatic carbocycles. The molecule has 0 amide bonds. The predicted molar refractivity (Wildman–Crippen MR) is 65.7 cm³/mol. The number of ether oxygens (including phenoxy) is 1. The smallest absolute Gasteiger partial charge is 0.335 e. The van der Waals surface area contributed by atoms with Crippen molar-refractivity contribution in [2.75, 3.05) is 13.7 Å². The number of methoxy groups -OCH3 is 1. The molecule has 6 heteroatoms. The highest BCUT2D eigenvalue weighted by molar-refractivity contribution is 5.92. The molecule has 2 aromatic rings. The van der Waals surface area contributed by atoms with Crippen molar-refractivity contribution < 1.29 is 14.6 Å². The van der Waals surface area contributed by atoms with Crippen molar-refractivity contribution in [3.63, 3.8) is 0 Å². The van der Waals surface area contributed by atoms with E-state index in [1.54, 1.807) is 23.9 Å². The first kappa shape index (κ1) is 12.5. The summed E-state index contributed by atoms with van der Waals surface area (Å²) in [6.07, 6.45) is 0.798. The number of aromatic nitrogens is 3. The molecule has 0 fully saturated rings. The number of carbonyl (C=O) groups is 1. The first-order valence-electron chi connectivity index (χ1n) is 5.70. The Balaban J connectivity index is 2.38. The molecule has 0 aliphatic carbocycles. The van der Waals surface area contributed by atoms with Gasteiger partial charge < -0.3 is 9.84 Å². The molecule has 18 heavy (non-hydrogen) atoms. The molecule has 0 spiro atoms. The Morgan fingerprint density at radius 2 is 2.33 bits per heavy atom. The van der Waals surface area contributed by atoms with Gasteiger partial charge in [-0.2, -0.15) is 0 Å². The lowest BCUT2D eigenvalue weighted by Crippen LogP contribution is -2.10. The van der Waals surface area contributed by atoms with Crippen molar-refractivity contribution >= 4 is 17.0 Å². The second-order valence-corrected chi connectivity index (χ2v) is 4.17. The number of carboxylic acids is 1. The van der Waals surface area contributed by atoms with Gasteiger partial charge >= 0.3 is 5.97 Å². The van der Waals surface area contributed by atoms with Crippen LogP contribution in [-0.4, -0.2) is 39.8 Å². The number of aromatic carboxylic acids is 1. The number of carboxylic acid groups (broad SMARTS) is 1. The van der Waals surface area contributed by atoms with Gasteiger partial charge in [-0.25, -0.2) is 9.48 Å². The molecule has 0 aliphatic heterocycles. The molecule has 1 heterocycles. The van der Waals surface area contributed by atoms with Crippen LogP contribution < -0.4 is 0 Å². The summed E-state index contributed by atoms with van der Waals surface area (Å²) in [6, 6.07) is 4.91. The van der Waals surface area contributed by atoms with Gasteiger partial charge in [-0.3, -0.25) is 0 Å². The molecule has 0 aliphatic rings. The fourth-order valence-corrected chi connectivity index (χ4v) is 1.81. The van der Waals surface area contributed by atoms with Gasteiger partial charge in [-0.05, 0) is 31.5 Å². The van der Waals surface area contributed by atoms with E-state index in [1.807, 2.05) is 6.92 Å². The van der Waals surface area contributed by atoms with Crippen LogP contribution in [0.15, 0.2) is 18.2 Å². The third-order valence-corrected chi connectivity index (χ3v) is 2.88. The number of nitrogens with zero attached hydrogens (tertiary/aromatic N) is 3. The lowest BCUT2D eigenvalue weighted by molar-refractivity contribution is 0.0697. The highest BCUT2D eigenvalue weighted by atomic mass is 16.5. The van der Waals surface area contributed by atoms with Crippen LogP contribution in [-0.2, 0) is 4.74 Å². The third kappa shape index (κ3) is 2.33. The molecular formula is C12H15N3O3. The van der Waals surface area contributed by atoms with Crippen molar-refractivity contribution in [1.82, 2.24) is 15.0 Å². The number of benzene rings is 1. The molecule has 0 saturated carbocycles. The lowest BCUT2D eigenvalue weighted by Gasteiger charge is -2.11. The highest BCUT2D eigenvalue weighted by Crippen LogP contribution is 2.19. The Bertz CT molecular complexity index is 565. The van der Waals surface area contributed by atoms with Gasteiger partial charge in [-0.1, -0.05) is 5.21 Å². The number of hydrogen-bond donors (Lipinski definition) is 1. The maximum Gasteiger partial charge on any atom is 0.335 e. The summed E-state index contributed by atoms with van der Waals surface area (Å²) >= 11 is 0. The van der Waals surface area contributed by atoms with E-state index in [1.165, 1.54) is 6.07 Å². The van der Waals surface area contributed by atoms with E-state index in [4.69, 9.17) is 9.84 Å². The monoisotopic (exact) mass is 249 g/mol. The summed E-state index contributed by atoms with van der Waals surface area (Å²) < 4.78 is 6.77. The van der Waals surface area contributed by atoms with E-state index in [0.29, 0.717) is 12.1 Å². The van der Waals surface area contributed by atoms with E-state index >= 15 is 0 Å². The van der Waals surface area contributed by atoms with Gasteiger partial charge in [0.05, 0.1) is 17.1 Å². The minimum Gasteiger partial charge on any atom is -0.478 e. The fourth-order valence-electron chi connectivity index (χ4n) is 1.81. The largest absolute Gasteiger partial charge is 0.478 e. The molecule has 2 rings (SSSR count). The minimum absolute atomic E-state index is 0.110. The van der Waals surface area contributed by atoms with Crippen molar-refractivity contribution in [3.8, 4) is 0 Å². The molecule has 1 aromatic heterocycles. The standard InChI is InChI=1S/C12H15N3O3/c1-8(5-6-18-2)15-11-7-9(12(16)17)3-4-10(11)13-14-15/h3-4,7-8H,5-6H2,1-2H3,(H,16,17). The zero-order valence-corrected chi connectivity index (χ0v) is 10.3. The summed E-state index contributed by atoms with van der Waals surface area (Å²) in [7, 11) is 1.65. The topological polar surface area (TPSA) is 77.2 Å². The normalized spacial score (nSPS) is 12.8. The quantitative estimate of drug-likeness (QED) is 0.873. The van der Waals surface area contributed by atoms with Crippen molar-refractivity contribution in [2.24, 2.45) is 0 Å². The molecule has 1 N–H and O–H groups in total. The van der Waals surface area contributed by atoms with E-state index in [-0.39, 0.29) is 11.6 Å². The van der Waals surface area contributed by atoms with E-state index in [9.17, 15) is 4.79 Å². The van der Waals surface area contributed by atoms with Crippen LogP contribution in [0.1, 0.15) is 29.7 Å². The zero-order chi connectivity index (χ0) is 13.1. The summed E-state index contributed by atoms with van der Waals surface area (Å²) in [5.41, 5.74) is 1.67. The summed E-state index contributed by atoms with van der Waals surface area (Å²) in [5, 5.41) is 17.1. The van der Waals surface area contributed by atoms with E-state index in [0.717, 1.165) is 11.9 Å². The Kier molecular flexibility index (Phi) is 3.57. The minimum atomic E-state index is -0.950. The molecule has 6 nitrogen and oxygen atoms in total. The van der Waals surface area contributed by atoms with Crippen molar-refractivity contribution in [2.45, 2.75) is 19.4 Å². The van der Waals surface area contributed by atoms with Crippen LogP contribution in [0.3, 0.4) is 0 Å². The lowest BCUT2D eigenvalue weighted by atomic mass is 10.2. The zero-order valence-electron chi connectivity index (χ0n) is 10.3. The predicted octanol–water partition coefficient (Wildman–Crippen LogP) is 1.73. The maximum absolute atomic E-state index is 10.9. The van der Waals surface area contributed by atoms with Crippen LogP contribution in [0.2, 0.25) is 0 Å². The molecule has 1 atom stereocenters. The molecule has 0 bridgehead atoms. The average Bonchev–Trinajstić information content (AvgIpc) is 2.78. The number of fused-ring (bicyclic) bond motifs is 1. The highest BCUT2D eigenvalue weighted by Gasteiger charge is 2.13. The van der Waals surface area contributed by atoms with Gasteiger partial charge in [0.15, 0.2) is 0 Å². The molecule has 0 radical (unpaired) electrons. The van der Waals surface area contributed by atoms with Crippen molar-refractivity contribution in [1.29, 1.82) is 0 Å². The Hall–Kier alpha value is -1.95. The van der Waals surface area contributed by atoms with Gasteiger partial charge in [0.2, 0.25) is 0 Å². The second-order valence-electron chi connectivity index (χ2n) is 4.17. The molecule has 0 saturated heterocycles. The van der Waals surface area contributed by atoms with Crippen LogP contribution in [0.25, 0.3) is 11.0 Å². The summed E-state index contributed by atoms with van der Waals surface area (Å²) in [6.45, 7) is 2.63. The Morgan fingerprint density at radius 3 is 3.00 bits per heavy atom. The third-order valence-electron chi connectivity index (χ3n) is 2.88. The van der Waals surface area contributed by atoms with E-state index < -0.39 is 5.97 Å². The number of rotatable bonds is 5. The van der Waals surface area contributed by atoms with Crippen LogP contribution >= 0.6 is 0 Å². The fraction of sp³-hybridized carbons (Fsp3) is 0.417. The maximum atomic E-state index is 10.9. The second kappa shape index (κ2) is 5.14. The van der Waals surface area contributed by atoms with Crippen LogP contribution in [0.4, 0.5) is 0 Å². The summed E-state index contributed by atoms with van der Waals surface area (Å²) in [4.78, 5) is 10.9. The molecule has 1 unspecified atom stereocenters. The average molecular weight is 249 g/mol. The first-order chi connectivity index (χ1) is 8.63. The van der Waals surface area contributed by atoms with Gasteiger partial charge in [0.25, 0.3) is 0 Å². The Labute approximate surface area is 104 Å². The molecule has 96 valence electrons. The van der Waals surface area contributed by atoms with E-state index in [2.05, 4.69) is 10.3 Å². The van der Waals surface area contributed by atoms with Crippen molar-refractivity contribution in [3.05, 3.63) is 23.8 Å².